The van der Waals surface area contributed by atoms with Gasteiger partial charge in [0.15, 0.2) is 5.75 Å². The Morgan fingerprint density at radius 1 is 1.06 bits per heavy atom. The van der Waals surface area contributed by atoms with Crippen LogP contribution in [0.15, 0.2) is 54.9 Å². The molecule has 3 heterocycles. The molecule has 0 spiro atoms. The normalized spacial score (nSPS) is 17.1. The number of aromatic nitrogens is 2. The number of anilines is 2. The van der Waals surface area contributed by atoms with Crippen LogP contribution in [-0.4, -0.2) is 54.2 Å². The predicted octanol–water partition coefficient (Wildman–Crippen LogP) is 4.10. The zero-order valence-electron chi connectivity index (χ0n) is 18.0. The summed E-state index contributed by atoms with van der Waals surface area (Å²) in [5.41, 5.74) is 1.98. The molecule has 7 nitrogen and oxygen atoms in total. The average molecular weight is 436 g/mol. The van der Waals surface area contributed by atoms with Crippen molar-refractivity contribution in [2.24, 2.45) is 0 Å². The van der Waals surface area contributed by atoms with Crippen LogP contribution < -0.4 is 19.7 Å². The zero-order chi connectivity index (χ0) is 21.9. The first-order chi connectivity index (χ1) is 15.7. The van der Waals surface area contributed by atoms with Crippen LogP contribution >= 0.6 is 0 Å². The van der Waals surface area contributed by atoms with Gasteiger partial charge in [-0.1, -0.05) is 18.2 Å². The first-order valence-corrected chi connectivity index (χ1v) is 10.9. The Bertz CT molecular complexity index is 1070. The quantitative estimate of drug-likeness (QED) is 0.648. The summed E-state index contributed by atoms with van der Waals surface area (Å²) in [5.74, 6) is 2.61. The van der Waals surface area contributed by atoms with Crippen molar-refractivity contribution < 1.29 is 13.9 Å². The number of fused-ring (bicyclic) bond motifs is 1. The minimum absolute atomic E-state index is 0.202. The number of hydrogen-bond acceptors (Lipinski definition) is 7. The first kappa shape index (κ1) is 20.5. The molecule has 2 aliphatic rings. The Balaban J connectivity index is 1.24. The van der Waals surface area contributed by atoms with Gasteiger partial charge in [0.2, 0.25) is 5.88 Å². The summed E-state index contributed by atoms with van der Waals surface area (Å²) in [6.07, 6.45) is 1.54. The molecule has 32 heavy (non-hydrogen) atoms. The second kappa shape index (κ2) is 9.00. The highest BCUT2D eigenvalue weighted by molar-refractivity contribution is 5.67. The van der Waals surface area contributed by atoms with Crippen LogP contribution in [0.4, 0.5) is 15.9 Å². The Hall–Kier alpha value is -3.39. The first-order valence-electron chi connectivity index (χ1n) is 10.9. The van der Waals surface area contributed by atoms with E-state index in [1.54, 1.807) is 0 Å². The van der Waals surface area contributed by atoms with Crippen LogP contribution in [0.3, 0.4) is 0 Å². The van der Waals surface area contributed by atoms with Crippen molar-refractivity contribution in [2.75, 3.05) is 49.5 Å². The minimum atomic E-state index is -0.202. The summed E-state index contributed by atoms with van der Waals surface area (Å²) >= 11 is 0. The number of halogens is 1. The van der Waals surface area contributed by atoms with Gasteiger partial charge in [-0.2, -0.15) is 0 Å². The molecule has 0 unspecified atom stereocenters. The van der Waals surface area contributed by atoms with Gasteiger partial charge in [0.1, 0.15) is 36.0 Å². The van der Waals surface area contributed by atoms with Crippen molar-refractivity contribution in [3.8, 4) is 17.4 Å². The molecule has 1 N–H and O–H groups in total. The molecule has 166 valence electrons. The molecule has 0 radical (unpaired) electrons. The van der Waals surface area contributed by atoms with Crippen molar-refractivity contribution in [1.82, 2.24) is 14.9 Å². The highest BCUT2D eigenvalue weighted by Gasteiger charge is 2.23. The molecule has 2 aliphatic heterocycles. The molecule has 1 atom stereocenters. The Kier molecular flexibility index (Phi) is 5.77. The lowest BCUT2D eigenvalue weighted by Crippen LogP contribution is -2.47. The summed E-state index contributed by atoms with van der Waals surface area (Å²) in [5, 5.41) is 3.33. The van der Waals surface area contributed by atoms with Crippen LogP contribution in [0.25, 0.3) is 0 Å². The van der Waals surface area contributed by atoms with E-state index in [0.29, 0.717) is 18.2 Å². The third-order valence-corrected chi connectivity index (χ3v) is 6.03. The van der Waals surface area contributed by atoms with Gasteiger partial charge < -0.3 is 19.7 Å². The summed E-state index contributed by atoms with van der Waals surface area (Å²) in [7, 11) is 0. The van der Waals surface area contributed by atoms with E-state index < -0.39 is 0 Å². The molecule has 2 aromatic carbocycles. The van der Waals surface area contributed by atoms with Crippen LogP contribution in [0.5, 0.6) is 17.4 Å². The third-order valence-electron chi connectivity index (χ3n) is 6.03. The third kappa shape index (κ3) is 4.31. The summed E-state index contributed by atoms with van der Waals surface area (Å²) in [6, 6.07) is 14.6. The minimum Gasteiger partial charge on any atom is -0.489 e. The van der Waals surface area contributed by atoms with E-state index >= 15 is 0 Å². The van der Waals surface area contributed by atoms with E-state index in [-0.39, 0.29) is 11.9 Å². The van der Waals surface area contributed by atoms with Gasteiger partial charge in [-0.15, -0.1) is 0 Å². The van der Waals surface area contributed by atoms with Gasteiger partial charge in [0.25, 0.3) is 0 Å². The van der Waals surface area contributed by atoms with Crippen LogP contribution in [0.1, 0.15) is 18.5 Å². The van der Waals surface area contributed by atoms with Crippen molar-refractivity contribution in [2.45, 2.75) is 13.0 Å². The molecular formula is C24H26FN5O2. The maximum absolute atomic E-state index is 13.2. The second-order valence-corrected chi connectivity index (χ2v) is 7.97. The number of benzene rings is 2. The summed E-state index contributed by atoms with van der Waals surface area (Å²) in [4.78, 5) is 13.4. The number of nitrogens with one attached hydrogen (secondary N) is 1. The number of rotatable bonds is 5. The van der Waals surface area contributed by atoms with Gasteiger partial charge in [-0.25, -0.2) is 14.4 Å². The van der Waals surface area contributed by atoms with Crippen LogP contribution in [0.2, 0.25) is 0 Å². The lowest BCUT2D eigenvalue weighted by Gasteiger charge is -2.38. The zero-order valence-corrected chi connectivity index (χ0v) is 18.0. The molecule has 0 aliphatic carbocycles. The van der Waals surface area contributed by atoms with E-state index in [2.05, 4.69) is 32.0 Å². The van der Waals surface area contributed by atoms with Crippen molar-refractivity contribution in [3.05, 3.63) is 66.2 Å². The molecule has 8 heteroatoms. The number of ether oxygens (including phenoxy) is 2. The van der Waals surface area contributed by atoms with Gasteiger partial charge in [-0.05, 0) is 36.8 Å². The standard InChI is InChI=1S/C24H26FN5O2/c1-17(18-5-7-19(25)8-6-18)29-10-12-30(13-11-29)22-15-23(28-16-27-22)32-21-4-2-3-20-24(21)26-9-14-31-20/h2-8,15-17,26H,9-14H2,1H3/t17-/m0/s1. The molecule has 5 rings (SSSR count). The lowest BCUT2D eigenvalue weighted by atomic mass is 10.1. The van der Waals surface area contributed by atoms with Gasteiger partial charge >= 0.3 is 0 Å². The number of piperazine rings is 1. The maximum atomic E-state index is 13.2. The summed E-state index contributed by atoms with van der Waals surface area (Å²) < 4.78 is 25.0. The van der Waals surface area contributed by atoms with Gasteiger partial charge in [0, 0.05) is 44.8 Å². The molecule has 0 bridgehead atoms. The molecular weight excluding hydrogens is 409 g/mol. The monoisotopic (exact) mass is 435 g/mol. The SMILES string of the molecule is C[C@@H](c1ccc(F)cc1)N1CCN(c2cc(Oc3cccc4c3NCCO4)ncn2)CC1. The number of para-hydroxylation sites is 1. The topological polar surface area (TPSA) is 62.8 Å². The highest BCUT2D eigenvalue weighted by atomic mass is 19.1. The van der Waals surface area contributed by atoms with E-state index in [1.165, 1.54) is 18.5 Å². The lowest BCUT2D eigenvalue weighted by molar-refractivity contribution is 0.198. The van der Waals surface area contributed by atoms with Crippen LogP contribution in [-0.2, 0) is 0 Å². The number of nitrogens with zero attached hydrogens (tertiary/aromatic N) is 4. The fourth-order valence-electron chi connectivity index (χ4n) is 4.19. The predicted molar refractivity (Wildman–Crippen MR) is 121 cm³/mol. The van der Waals surface area contributed by atoms with E-state index in [1.807, 2.05) is 36.4 Å². The largest absolute Gasteiger partial charge is 0.489 e. The average Bonchev–Trinajstić information content (AvgIpc) is 2.85. The molecule has 0 saturated carbocycles. The second-order valence-electron chi connectivity index (χ2n) is 7.97. The molecule has 1 fully saturated rings. The van der Waals surface area contributed by atoms with Crippen molar-refractivity contribution >= 4 is 11.5 Å². The van der Waals surface area contributed by atoms with E-state index in [9.17, 15) is 4.39 Å². The van der Waals surface area contributed by atoms with Crippen molar-refractivity contribution in [1.29, 1.82) is 0 Å². The van der Waals surface area contributed by atoms with Gasteiger partial charge in [-0.3, -0.25) is 4.90 Å². The number of hydrogen-bond donors (Lipinski definition) is 1. The Morgan fingerprint density at radius 2 is 1.88 bits per heavy atom. The summed E-state index contributed by atoms with van der Waals surface area (Å²) in [6.45, 7) is 7.02. The smallest absolute Gasteiger partial charge is 0.224 e. The fourth-order valence-corrected chi connectivity index (χ4v) is 4.19. The van der Waals surface area contributed by atoms with E-state index in [4.69, 9.17) is 9.47 Å². The molecule has 3 aromatic rings. The van der Waals surface area contributed by atoms with Crippen molar-refractivity contribution in [3.63, 3.8) is 0 Å². The fraction of sp³-hybridized carbons (Fsp3) is 0.333. The van der Waals surface area contributed by atoms with Gasteiger partial charge in [0.05, 0.1) is 0 Å². The van der Waals surface area contributed by atoms with E-state index in [0.717, 1.165) is 55.5 Å². The molecule has 1 saturated heterocycles. The Labute approximate surface area is 186 Å². The molecule has 1 aromatic heterocycles. The molecule has 0 amide bonds. The van der Waals surface area contributed by atoms with Crippen LogP contribution in [0, 0.1) is 5.82 Å². The highest BCUT2D eigenvalue weighted by Crippen LogP contribution is 2.38. The maximum Gasteiger partial charge on any atom is 0.224 e. The Morgan fingerprint density at radius 3 is 2.69 bits per heavy atom.